The van der Waals surface area contributed by atoms with Crippen molar-refractivity contribution in [3.05, 3.63) is 63.2 Å². The van der Waals surface area contributed by atoms with Gasteiger partial charge in [-0.3, -0.25) is 4.90 Å². The van der Waals surface area contributed by atoms with Gasteiger partial charge in [0.15, 0.2) is 0 Å². The highest BCUT2D eigenvalue weighted by Gasteiger charge is 2.38. The Kier molecular flexibility index (Phi) is 10.1. The fraction of sp³-hybridized carbons (Fsp3) is 0.556. The van der Waals surface area contributed by atoms with Gasteiger partial charge in [-0.05, 0) is 86.5 Å². The van der Waals surface area contributed by atoms with Gasteiger partial charge < -0.3 is 20.3 Å². The van der Waals surface area contributed by atoms with Gasteiger partial charge in [0.25, 0.3) is 0 Å². The average Bonchev–Trinajstić information content (AvgIpc) is 2.83. The molecule has 0 saturated carbocycles. The minimum Gasteiger partial charge on any atom is -0.493 e. The molecule has 0 bridgehead atoms. The van der Waals surface area contributed by atoms with Crippen molar-refractivity contribution >= 4 is 11.6 Å². The second-order valence-corrected chi connectivity index (χ2v) is 9.91. The molecule has 1 saturated heterocycles. The van der Waals surface area contributed by atoms with Crippen molar-refractivity contribution in [2.75, 3.05) is 39.4 Å². The molecule has 0 aliphatic carbocycles. The zero-order valence-corrected chi connectivity index (χ0v) is 21.7. The summed E-state index contributed by atoms with van der Waals surface area (Å²) in [4.78, 5) is 2.22. The van der Waals surface area contributed by atoms with Crippen LogP contribution in [0.1, 0.15) is 53.5 Å². The summed E-state index contributed by atoms with van der Waals surface area (Å²) in [6.45, 7) is 8.20. The molecule has 1 aliphatic heterocycles. The third kappa shape index (κ3) is 7.35. The zero-order valence-electron chi connectivity index (χ0n) is 20.9. The SMILES string of the molecule is Cc1c(CN2CCC(O)(c3ccc(Cl)c(C(F)(F)F)c3)CC2)ccc(OCCCCNCCO)c1C. The predicted molar refractivity (Wildman–Crippen MR) is 135 cm³/mol. The number of piperidine rings is 1. The minimum atomic E-state index is -4.56. The van der Waals surface area contributed by atoms with E-state index in [0.717, 1.165) is 42.3 Å². The molecule has 0 unspecified atom stereocenters. The maximum absolute atomic E-state index is 13.3. The van der Waals surface area contributed by atoms with E-state index in [1.807, 2.05) is 13.0 Å². The molecular formula is C27H36ClF3N2O3. The van der Waals surface area contributed by atoms with Crippen LogP contribution in [0.2, 0.25) is 5.02 Å². The number of hydrogen-bond acceptors (Lipinski definition) is 5. The third-order valence-electron chi connectivity index (χ3n) is 7.03. The van der Waals surface area contributed by atoms with Gasteiger partial charge in [-0.2, -0.15) is 13.2 Å². The standard InChI is InChI=1S/C27H36ClF3N2O3/c1-19-20(2)25(36-16-4-3-11-32-12-15-34)8-5-21(19)18-33-13-9-26(35,10-14-33)22-6-7-24(28)23(17-22)27(29,30)31/h5-8,17,32,34-35H,3-4,9-16,18H2,1-2H3. The molecule has 3 N–H and O–H groups in total. The number of nitrogens with one attached hydrogen (secondary N) is 1. The Morgan fingerprint density at radius 2 is 1.78 bits per heavy atom. The first-order chi connectivity index (χ1) is 17.0. The quantitative estimate of drug-likeness (QED) is 0.350. The third-order valence-corrected chi connectivity index (χ3v) is 7.36. The lowest BCUT2D eigenvalue weighted by Gasteiger charge is -2.39. The first-order valence-electron chi connectivity index (χ1n) is 12.4. The van der Waals surface area contributed by atoms with Gasteiger partial charge in [0.1, 0.15) is 5.75 Å². The van der Waals surface area contributed by atoms with E-state index < -0.39 is 17.3 Å². The highest BCUT2D eigenvalue weighted by molar-refractivity contribution is 6.31. The maximum atomic E-state index is 13.3. The predicted octanol–water partition coefficient (Wildman–Crippen LogP) is 5.20. The number of nitrogens with zero attached hydrogens (tertiary/aromatic N) is 1. The van der Waals surface area contributed by atoms with Crippen LogP contribution in [0.25, 0.3) is 0 Å². The highest BCUT2D eigenvalue weighted by atomic mass is 35.5. The van der Waals surface area contributed by atoms with Crippen molar-refractivity contribution in [2.45, 2.75) is 57.9 Å². The number of aliphatic hydroxyl groups excluding tert-OH is 1. The zero-order chi connectivity index (χ0) is 26.3. The Hall–Kier alpha value is -1.84. The molecule has 1 heterocycles. The van der Waals surface area contributed by atoms with E-state index in [9.17, 15) is 18.3 Å². The molecule has 2 aromatic rings. The molecule has 0 atom stereocenters. The van der Waals surface area contributed by atoms with Gasteiger partial charge in [0.2, 0.25) is 0 Å². The van der Waals surface area contributed by atoms with Crippen molar-refractivity contribution in [2.24, 2.45) is 0 Å². The summed E-state index contributed by atoms with van der Waals surface area (Å²) in [7, 11) is 0. The smallest absolute Gasteiger partial charge is 0.417 e. The van der Waals surface area contributed by atoms with Crippen molar-refractivity contribution < 1.29 is 28.1 Å². The average molecular weight is 529 g/mol. The highest BCUT2D eigenvalue weighted by Crippen LogP contribution is 2.40. The summed E-state index contributed by atoms with van der Waals surface area (Å²) in [6.07, 6.45) is -1.97. The van der Waals surface area contributed by atoms with Gasteiger partial charge in [-0.15, -0.1) is 0 Å². The number of ether oxygens (including phenoxy) is 1. The normalized spacial score (nSPS) is 16.3. The Morgan fingerprint density at radius 3 is 2.44 bits per heavy atom. The van der Waals surface area contributed by atoms with E-state index >= 15 is 0 Å². The van der Waals surface area contributed by atoms with Crippen LogP contribution < -0.4 is 10.1 Å². The molecule has 1 aliphatic rings. The summed E-state index contributed by atoms with van der Waals surface area (Å²) in [5.41, 5.74) is 1.47. The van der Waals surface area contributed by atoms with Gasteiger partial charge in [0.05, 0.1) is 29.4 Å². The fourth-order valence-electron chi connectivity index (χ4n) is 4.56. The Labute approximate surface area is 216 Å². The summed E-state index contributed by atoms with van der Waals surface area (Å²) in [5.74, 6) is 0.871. The van der Waals surface area contributed by atoms with E-state index in [4.69, 9.17) is 21.4 Å². The topological polar surface area (TPSA) is 65.0 Å². The number of aliphatic hydroxyl groups is 2. The fourth-order valence-corrected chi connectivity index (χ4v) is 4.79. The van der Waals surface area contributed by atoms with Crippen molar-refractivity contribution in [3.8, 4) is 5.75 Å². The molecule has 200 valence electrons. The van der Waals surface area contributed by atoms with E-state index in [1.165, 1.54) is 17.7 Å². The summed E-state index contributed by atoms with van der Waals surface area (Å²) in [6, 6.07) is 7.75. The Morgan fingerprint density at radius 1 is 1.06 bits per heavy atom. The van der Waals surface area contributed by atoms with Gasteiger partial charge in [-0.25, -0.2) is 0 Å². The molecule has 0 spiro atoms. The van der Waals surface area contributed by atoms with E-state index in [2.05, 4.69) is 23.2 Å². The molecule has 9 heteroatoms. The lowest BCUT2D eigenvalue weighted by molar-refractivity contribution is -0.137. The van der Waals surface area contributed by atoms with Crippen LogP contribution in [-0.4, -0.2) is 54.5 Å². The number of benzene rings is 2. The van der Waals surface area contributed by atoms with Crippen LogP contribution in [0.3, 0.4) is 0 Å². The van der Waals surface area contributed by atoms with Crippen LogP contribution in [0, 0.1) is 13.8 Å². The van der Waals surface area contributed by atoms with Gasteiger partial charge >= 0.3 is 6.18 Å². The van der Waals surface area contributed by atoms with Crippen LogP contribution in [0.4, 0.5) is 13.2 Å². The second kappa shape index (κ2) is 12.6. The van der Waals surface area contributed by atoms with Crippen LogP contribution in [-0.2, 0) is 18.3 Å². The number of alkyl halides is 3. The Balaban J connectivity index is 1.55. The molecule has 0 radical (unpaired) electrons. The second-order valence-electron chi connectivity index (χ2n) is 9.50. The summed E-state index contributed by atoms with van der Waals surface area (Å²) in [5, 5.41) is 22.7. The molecule has 1 fully saturated rings. The number of hydrogen-bond donors (Lipinski definition) is 3. The molecule has 5 nitrogen and oxygen atoms in total. The van der Waals surface area contributed by atoms with Crippen molar-refractivity contribution in [1.29, 1.82) is 0 Å². The lowest BCUT2D eigenvalue weighted by Crippen LogP contribution is -2.42. The number of unbranched alkanes of at least 4 members (excludes halogenated alkanes) is 1. The lowest BCUT2D eigenvalue weighted by atomic mass is 9.83. The van der Waals surface area contributed by atoms with Gasteiger partial charge in [0, 0.05) is 26.2 Å². The van der Waals surface area contributed by atoms with Crippen LogP contribution in [0.15, 0.2) is 30.3 Å². The number of rotatable bonds is 11. The van der Waals surface area contributed by atoms with Crippen molar-refractivity contribution in [3.63, 3.8) is 0 Å². The monoisotopic (exact) mass is 528 g/mol. The number of likely N-dealkylation sites (tertiary alicyclic amines) is 1. The van der Waals surface area contributed by atoms with E-state index in [0.29, 0.717) is 45.6 Å². The molecule has 36 heavy (non-hydrogen) atoms. The molecule has 2 aromatic carbocycles. The number of halogens is 4. The maximum Gasteiger partial charge on any atom is 0.417 e. The van der Waals surface area contributed by atoms with Gasteiger partial charge in [-0.1, -0.05) is 23.7 Å². The first kappa shape index (κ1) is 28.7. The molecular weight excluding hydrogens is 493 g/mol. The molecule has 3 rings (SSSR count). The Bertz CT molecular complexity index is 1010. The molecule has 0 amide bonds. The largest absolute Gasteiger partial charge is 0.493 e. The summed E-state index contributed by atoms with van der Waals surface area (Å²) >= 11 is 5.75. The van der Waals surface area contributed by atoms with E-state index in [1.54, 1.807) is 0 Å². The summed E-state index contributed by atoms with van der Waals surface area (Å²) < 4.78 is 45.8. The van der Waals surface area contributed by atoms with E-state index in [-0.39, 0.29) is 17.2 Å². The van der Waals surface area contributed by atoms with Crippen LogP contribution >= 0.6 is 11.6 Å². The molecule has 0 aromatic heterocycles. The van der Waals surface area contributed by atoms with Crippen LogP contribution in [0.5, 0.6) is 5.75 Å². The van der Waals surface area contributed by atoms with Crippen molar-refractivity contribution in [1.82, 2.24) is 10.2 Å². The minimum absolute atomic E-state index is 0.144. The first-order valence-corrected chi connectivity index (χ1v) is 12.8.